The molecule has 3 heterocycles. The van der Waals surface area contributed by atoms with E-state index in [2.05, 4.69) is 25.5 Å². The van der Waals surface area contributed by atoms with Gasteiger partial charge in [0.25, 0.3) is 0 Å². The second kappa shape index (κ2) is 9.94. The van der Waals surface area contributed by atoms with Crippen molar-refractivity contribution in [2.45, 2.75) is 12.1 Å². The number of pyridine rings is 2. The maximum Gasteiger partial charge on any atom is 0.234 e. The molecule has 1 N–H and O–H groups in total. The van der Waals surface area contributed by atoms with E-state index >= 15 is 0 Å². The Morgan fingerprint density at radius 3 is 2.57 bits per heavy atom. The van der Waals surface area contributed by atoms with Crippen LogP contribution in [-0.4, -0.2) is 43.5 Å². The number of carbonyl (C=O) groups is 1. The first-order chi connectivity index (χ1) is 17.1. The third-order valence-electron chi connectivity index (χ3n) is 5.35. The van der Waals surface area contributed by atoms with E-state index in [0.29, 0.717) is 11.0 Å². The Hall–Kier alpha value is -4.24. The van der Waals surface area contributed by atoms with Crippen LogP contribution >= 0.6 is 11.8 Å². The lowest BCUT2D eigenvalue weighted by Crippen LogP contribution is -2.15. The van der Waals surface area contributed by atoms with Crippen molar-refractivity contribution >= 4 is 34.3 Å². The Balaban J connectivity index is 1.41. The highest BCUT2D eigenvalue weighted by atomic mass is 32.2. The number of ether oxygens (including phenoxy) is 1. The number of aromatic nitrogens is 5. The molecule has 0 bridgehead atoms. The summed E-state index contributed by atoms with van der Waals surface area (Å²) in [5.74, 6) is 1.44. The van der Waals surface area contributed by atoms with E-state index in [1.807, 2.05) is 78.2 Å². The summed E-state index contributed by atoms with van der Waals surface area (Å²) in [7, 11) is 1.63. The van der Waals surface area contributed by atoms with Gasteiger partial charge in [0, 0.05) is 34.7 Å². The molecule has 0 saturated heterocycles. The summed E-state index contributed by atoms with van der Waals surface area (Å²) in [6.07, 6.45) is 3.42. The van der Waals surface area contributed by atoms with Gasteiger partial charge >= 0.3 is 0 Å². The summed E-state index contributed by atoms with van der Waals surface area (Å²) < 4.78 is 7.22. The lowest BCUT2D eigenvalue weighted by atomic mass is 10.1. The summed E-state index contributed by atoms with van der Waals surface area (Å²) >= 11 is 1.32. The van der Waals surface area contributed by atoms with Gasteiger partial charge in [0.2, 0.25) is 5.91 Å². The maximum absolute atomic E-state index is 12.9. The molecule has 0 atom stereocenters. The number of methoxy groups -OCH3 is 1. The maximum atomic E-state index is 12.9. The highest BCUT2D eigenvalue weighted by molar-refractivity contribution is 7.99. The summed E-state index contributed by atoms with van der Waals surface area (Å²) in [4.78, 5) is 21.5. The van der Waals surface area contributed by atoms with Crippen LogP contribution in [0.2, 0.25) is 0 Å². The van der Waals surface area contributed by atoms with Crippen molar-refractivity contribution in [3.63, 3.8) is 0 Å². The van der Waals surface area contributed by atoms with Gasteiger partial charge in [0.05, 0.1) is 24.1 Å². The molecule has 0 unspecified atom stereocenters. The molecule has 0 aliphatic heterocycles. The molecule has 8 nitrogen and oxygen atoms in total. The average Bonchev–Trinajstić information content (AvgIpc) is 3.32. The van der Waals surface area contributed by atoms with Gasteiger partial charge in [-0.15, -0.1) is 10.2 Å². The fourth-order valence-electron chi connectivity index (χ4n) is 3.74. The average molecular weight is 483 g/mol. The SMILES string of the molecule is COc1ccc(-n2c(SCC(=O)Nc3cc(C)nc4ccccc34)nnc2-c2ccncc2)cc1. The number of aryl methyl sites for hydroxylation is 1. The van der Waals surface area contributed by atoms with Crippen molar-refractivity contribution in [3.05, 3.63) is 84.8 Å². The molecule has 5 rings (SSSR count). The first kappa shape index (κ1) is 22.5. The van der Waals surface area contributed by atoms with E-state index in [9.17, 15) is 4.79 Å². The second-order valence-corrected chi connectivity index (χ2v) is 8.68. The molecule has 0 saturated carbocycles. The third kappa shape index (κ3) is 4.85. The fourth-order valence-corrected chi connectivity index (χ4v) is 4.49. The predicted octanol–water partition coefficient (Wildman–Crippen LogP) is 4.93. The van der Waals surface area contributed by atoms with Crippen molar-refractivity contribution in [3.8, 4) is 22.8 Å². The van der Waals surface area contributed by atoms with Crippen molar-refractivity contribution in [1.82, 2.24) is 24.7 Å². The zero-order valence-electron chi connectivity index (χ0n) is 19.2. The van der Waals surface area contributed by atoms with E-state index in [4.69, 9.17) is 4.74 Å². The topological polar surface area (TPSA) is 94.8 Å². The zero-order chi connectivity index (χ0) is 24.2. The number of nitrogens with one attached hydrogen (secondary N) is 1. The van der Waals surface area contributed by atoms with Crippen LogP contribution in [0.1, 0.15) is 5.69 Å². The minimum Gasteiger partial charge on any atom is -0.497 e. The Bertz CT molecular complexity index is 1490. The smallest absolute Gasteiger partial charge is 0.234 e. The van der Waals surface area contributed by atoms with Gasteiger partial charge in [0.1, 0.15) is 5.75 Å². The fraction of sp³-hybridized carbons (Fsp3) is 0.115. The number of thioether (sulfide) groups is 1. The zero-order valence-corrected chi connectivity index (χ0v) is 20.0. The number of nitrogens with zero attached hydrogens (tertiary/aromatic N) is 5. The van der Waals surface area contributed by atoms with E-state index in [0.717, 1.165) is 39.3 Å². The van der Waals surface area contributed by atoms with Crippen molar-refractivity contribution in [1.29, 1.82) is 0 Å². The number of anilines is 1. The van der Waals surface area contributed by atoms with Crippen molar-refractivity contribution < 1.29 is 9.53 Å². The van der Waals surface area contributed by atoms with Crippen LogP contribution in [0.3, 0.4) is 0 Å². The molecule has 2 aromatic carbocycles. The first-order valence-corrected chi connectivity index (χ1v) is 11.9. The minimum absolute atomic E-state index is 0.138. The van der Waals surface area contributed by atoms with Crippen LogP contribution in [-0.2, 0) is 4.79 Å². The van der Waals surface area contributed by atoms with Crippen LogP contribution in [0.25, 0.3) is 28.0 Å². The highest BCUT2D eigenvalue weighted by Gasteiger charge is 2.18. The van der Waals surface area contributed by atoms with Gasteiger partial charge in [0.15, 0.2) is 11.0 Å². The molecule has 0 aliphatic rings. The van der Waals surface area contributed by atoms with Crippen LogP contribution < -0.4 is 10.1 Å². The molecule has 5 aromatic rings. The molecule has 9 heteroatoms. The first-order valence-electron chi connectivity index (χ1n) is 10.9. The number of hydrogen-bond donors (Lipinski definition) is 1. The number of rotatable bonds is 7. The molecule has 0 aliphatic carbocycles. The molecule has 3 aromatic heterocycles. The number of fused-ring (bicyclic) bond motifs is 1. The predicted molar refractivity (Wildman–Crippen MR) is 137 cm³/mol. The van der Waals surface area contributed by atoms with Crippen LogP contribution in [0.5, 0.6) is 5.75 Å². The molecule has 0 radical (unpaired) electrons. The van der Waals surface area contributed by atoms with E-state index in [1.54, 1.807) is 19.5 Å². The van der Waals surface area contributed by atoms with Gasteiger partial charge in [-0.05, 0) is 55.5 Å². The summed E-state index contributed by atoms with van der Waals surface area (Å²) in [6.45, 7) is 1.91. The molecule has 1 amide bonds. The van der Waals surface area contributed by atoms with Crippen molar-refractivity contribution in [2.24, 2.45) is 0 Å². The van der Waals surface area contributed by atoms with Crippen LogP contribution in [0.15, 0.2) is 84.3 Å². The van der Waals surface area contributed by atoms with E-state index < -0.39 is 0 Å². The standard InChI is InChI=1S/C26H22N6O2S/c1-17-15-23(21-5-3-4-6-22(21)28-17)29-24(33)16-35-26-31-30-25(18-11-13-27-14-12-18)32(26)19-7-9-20(34-2)10-8-19/h3-15H,16H2,1-2H3,(H,28,29,33). The van der Waals surface area contributed by atoms with E-state index in [-0.39, 0.29) is 11.7 Å². The van der Waals surface area contributed by atoms with Crippen LogP contribution in [0.4, 0.5) is 5.69 Å². The number of hydrogen-bond acceptors (Lipinski definition) is 7. The van der Waals surface area contributed by atoms with Gasteiger partial charge in [-0.25, -0.2) is 0 Å². The molecule has 0 fully saturated rings. The molecular formula is C26H22N6O2S. The Morgan fingerprint density at radius 2 is 1.80 bits per heavy atom. The monoisotopic (exact) mass is 482 g/mol. The Labute approximate surface area is 206 Å². The largest absolute Gasteiger partial charge is 0.497 e. The summed E-state index contributed by atoms with van der Waals surface area (Å²) in [6, 6.07) is 21.0. The highest BCUT2D eigenvalue weighted by Crippen LogP contribution is 2.29. The normalized spacial score (nSPS) is 10.9. The molecule has 174 valence electrons. The van der Waals surface area contributed by atoms with Gasteiger partial charge < -0.3 is 10.1 Å². The number of carbonyl (C=O) groups excluding carboxylic acids is 1. The van der Waals surface area contributed by atoms with E-state index in [1.165, 1.54) is 11.8 Å². The summed E-state index contributed by atoms with van der Waals surface area (Å²) in [5, 5.41) is 13.3. The third-order valence-corrected chi connectivity index (χ3v) is 6.28. The minimum atomic E-state index is -0.138. The molecular weight excluding hydrogens is 460 g/mol. The lowest BCUT2D eigenvalue weighted by Gasteiger charge is -2.12. The van der Waals surface area contributed by atoms with Gasteiger partial charge in [-0.3, -0.25) is 19.3 Å². The number of benzene rings is 2. The van der Waals surface area contributed by atoms with Gasteiger partial charge in [-0.1, -0.05) is 30.0 Å². The Morgan fingerprint density at radius 1 is 1.03 bits per heavy atom. The number of amides is 1. The quantitative estimate of drug-likeness (QED) is 0.329. The lowest BCUT2D eigenvalue weighted by molar-refractivity contribution is -0.113. The van der Waals surface area contributed by atoms with Crippen LogP contribution in [0, 0.1) is 6.92 Å². The summed E-state index contributed by atoms with van der Waals surface area (Å²) in [5.41, 5.74) is 4.16. The molecule has 0 spiro atoms. The second-order valence-electron chi connectivity index (χ2n) is 7.74. The Kier molecular flexibility index (Phi) is 6.40. The number of para-hydroxylation sites is 1. The van der Waals surface area contributed by atoms with Crippen molar-refractivity contribution in [2.75, 3.05) is 18.2 Å². The molecule has 35 heavy (non-hydrogen) atoms. The van der Waals surface area contributed by atoms with Gasteiger partial charge in [-0.2, -0.15) is 0 Å².